The Hall–Kier alpha value is -0.670. The Balaban J connectivity index is 1.76. The van der Waals surface area contributed by atoms with Crippen LogP contribution in [-0.2, 0) is 4.79 Å². The summed E-state index contributed by atoms with van der Waals surface area (Å²) in [6, 6.07) is 0. The molecule has 0 aromatic carbocycles. The van der Waals surface area contributed by atoms with Crippen LogP contribution in [0.1, 0.15) is 72.1 Å². The number of Topliss-reactive ketones (excluding diaryl/α,β-unsaturated/α-hetero) is 1. The second-order valence-electron chi connectivity index (χ2n) is 9.63. The van der Waals surface area contributed by atoms with E-state index in [0.717, 1.165) is 19.3 Å². The van der Waals surface area contributed by atoms with Gasteiger partial charge in [0.1, 0.15) is 5.78 Å². The van der Waals surface area contributed by atoms with Gasteiger partial charge in [0.2, 0.25) is 0 Å². The van der Waals surface area contributed by atoms with E-state index in [-0.39, 0.29) is 34.9 Å². The predicted octanol–water partition coefficient (Wildman–Crippen LogP) is 3.84. The molecule has 0 aromatic rings. The zero-order valence-corrected chi connectivity index (χ0v) is 15.3. The first-order valence-corrected chi connectivity index (χ1v) is 9.85. The van der Waals surface area contributed by atoms with E-state index in [4.69, 9.17) is 0 Å². The van der Waals surface area contributed by atoms with Crippen LogP contribution in [0.4, 0.5) is 0 Å². The lowest BCUT2D eigenvalue weighted by Crippen LogP contribution is -2.54. The largest absolute Gasteiger partial charge is 0.365 e. The van der Waals surface area contributed by atoms with Crippen LogP contribution in [0.25, 0.3) is 0 Å². The highest BCUT2D eigenvalue weighted by molar-refractivity contribution is 5.80. The maximum absolute atomic E-state index is 12.2. The Morgan fingerprint density at radius 3 is 2.67 bits per heavy atom. The van der Waals surface area contributed by atoms with Crippen molar-refractivity contribution in [2.45, 2.75) is 77.9 Å². The lowest BCUT2D eigenvalue weighted by atomic mass is 9.47. The minimum Gasteiger partial charge on any atom is -0.365 e. The summed E-state index contributed by atoms with van der Waals surface area (Å²) in [5, 5.41) is 21.8. The molecule has 0 spiro atoms. The molecule has 3 nitrogen and oxygen atoms in total. The zero-order chi connectivity index (χ0) is 17.3. The summed E-state index contributed by atoms with van der Waals surface area (Å²) in [5.74, 6) is -1.10. The fraction of sp³-hybridized carbons (Fsp3) is 0.857. The monoisotopic (exact) mass is 332 g/mol. The molecule has 4 rings (SSSR count). The summed E-state index contributed by atoms with van der Waals surface area (Å²) in [4.78, 5) is 12.2. The van der Waals surface area contributed by atoms with E-state index in [0.29, 0.717) is 11.8 Å². The standard InChI is InChI=1S/C21H32O3/c1-13(22)17-12-21(23,24)18-15-8-7-14-6-4-5-10-19(14,2)16(15)9-11-20(17,18)3/h7,15-18,23-24H,4-6,8-12H2,1-3H3/t15-,16+,17-,18+,19+,20-/m1/s1. The number of aliphatic hydroxyl groups is 2. The Labute approximate surface area is 145 Å². The minimum absolute atomic E-state index is 0.127. The third kappa shape index (κ3) is 2.07. The number of hydrogen-bond acceptors (Lipinski definition) is 3. The zero-order valence-electron chi connectivity index (χ0n) is 15.3. The van der Waals surface area contributed by atoms with E-state index < -0.39 is 5.79 Å². The van der Waals surface area contributed by atoms with Crippen molar-refractivity contribution in [1.82, 2.24) is 0 Å². The third-order valence-electron chi connectivity index (χ3n) is 8.52. The first-order valence-electron chi connectivity index (χ1n) is 9.85. The molecule has 24 heavy (non-hydrogen) atoms. The molecular weight excluding hydrogens is 300 g/mol. The molecule has 4 aliphatic carbocycles. The van der Waals surface area contributed by atoms with Gasteiger partial charge in [-0.15, -0.1) is 0 Å². The Morgan fingerprint density at radius 1 is 1.21 bits per heavy atom. The van der Waals surface area contributed by atoms with Crippen LogP contribution < -0.4 is 0 Å². The van der Waals surface area contributed by atoms with E-state index >= 15 is 0 Å². The van der Waals surface area contributed by atoms with Crippen molar-refractivity contribution >= 4 is 5.78 Å². The van der Waals surface area contributed by atoms with Crippen LogP contribution in [0.15, 0.2) is 11.6 Å². The van der Waals surface area contributed by atoms with E-state index in [2.05, 4.69) is 19.9 Å². The Kier molecular flexibility index (Phi) is 3.61. The van der Waals surface area contributed by atoms with Crippen molar-refractivity contribution < 1.29 is 15.0 Å². The second-order valence-corrected chi connectivity index (χ2v) is 9.63. The van der Waals surface area contributed by atoms with E-state index in [1.807, 2.05) is 0 Å². The van der Waals surface area contributed by atoms with Gasteiger partial charge >= 0.3 is 0 Å². The molecule has 6 atom stereocenters. The Bertz CT molecular complexity index is 592. The lowest BCUT2D eigenvalue weighted by molar-refractivity contribution is -0.229. The van der Waals surface area contributed by atoms with E-state index in [9.17, 15) is 15.0 Å². The number of hydrogen-bond donors (Lipinski definition) is 2. The number of carbonyl (C=O) groups excluding carboxylic acids is 1. The number of ketones is 1. The van der Waals surface area contributed by atoms with Gasteiger partial charge in [-0.1, -0.05) is 31.9 Å². The second kappa shape index (κ2) is 5.17. The van der Waals surface area contributed by atoms with Crippen LogP contribution in [0, 0.1) is 34.5 Å². The van der Waals surface area contributed by atoms with Gasteiger partial charge in [0, 0.05) is 18.3 Å². The normalized spacial score (nSPS) is 49.6. The summed E-state index contributed by atoms with van der Waals surface area (Å²) in [6.07, 6.45) is 10.7. The van der Waals surface area contributed by atoms with Crippen LogP contribution in [0.5, 0.6) is 0 Å². The lowest BCUT2D eigenvalue weighted by Gasteiger charge is -2.58. The van der Waals surface area contributed by atoms with Crippen LogP contribution in [-0.4, -0.2) is 21.8 Å². The van der Waals surface area contributed by atoms with Crippen molar-refractivity contribution in [3.05, 3.63) is 11.6 Å². The highest BCUT2D eigenvalue weighted by Gasteiger charge is 2.66. The maximum atomic E-state index is 12.2. The summed E-state index contributed by atoms with van der Waals surface area (Å²) >= 11 is 0. The quantitative estimate of drug-likeness (QED) is 0.567. The molecule has 0 bridgehead atoms. The number of allylic oxidation sites excluding steroid dienone is 2. The average Bonchev–Trinajstić information content (AvgIpc) is 2.73. The number of carbonyl (C=O) groups is 1. The molecule has 0 amide bonds. The van der Waals surface area contributed by atoms with Gasteiger partial charge in [-0.3, -0.25) is 4.79 Å². The van der Waals surface area contributed by atoms with Gasteiger partial charge in [0.15, 0.2) is 5.79 Å². The number of fused-ring (bicyclic) bond motifs is 5. The first-order chi connectivity index (χ1) is 11.2. The maximum Gasteiger partial charge on any atom is 0.166 e. The number of rotatable bonds is 1. The molecule has 0 unspecified atom stereocenters. The fourth-order valence-electron chi connectivity index (χ4n) is 7.47. The first kappa shape index (κ1) is 16.8. The van der Waals surface area contributed by atoms with Crippen LogP contribution in [0.2, 0.25) is 0 Å². The molecule has 3 saturated carbocycles. The van der Waals surface area contributed by atoms with Crippen molar-refractivity contribution in [2.75, 3.05) is 0 Å². The van der Waals surface area contributed by atoms with Gasteiger partial charge < -0.3 is 10.2 Å². The molecule has 0 radical (unpaired) electrons. The third-order valence-corrected chi connectivity index (χ3v) is 8.52. The molecular formula is C21H32O3. The molecule has 0 heterocycles. The predicted molar refractivity (Wildman–Crippen MR) is 93.0 cm³/mol. The highest BCUT2D eigenvalue weighted by atomic mass is 16.5. The average molecular weight is 332 g/mol. The molecule has 0 saturated heterocycles. The van der Waals surface area contributed by atoms with E-state index in [1.54, 1.807) is 12.5 Å². The van der Waals surface area contributed by atoms with Crippen molar-refractivity contribution in [3.8, 4) is 0 Å². The van der Waals surface area contributed by atoms with Gasteiger partial charge in [-0.05, 0) is 68.1 Å². The van der Waals surface area contributed by atoms with Crippen molar-refractivity contribution in [2.24, 2.45) is 34.5 Å². The van der Waals surface area contributed by atoms with Gasteiger partial charge in [0.25, 0.3) is 0 Å². The molecule has 2 N–H and O–H groups in total. The Morgan fingerprint density at radius 2 is 1.96 bits per heavy atom. The molecule has 134 valence electrons. The van der Waals surface area contributed by atoms with Crippen LogP contribution in [0.3, 0.4) is 0 Å². The molecule has 4 aliphatic rings. The van der Waals surface area contributed by atoms with Crippen molar-refractivity contribution in [3.63, 3.8) is 0 Å². The van der Waals surface area contributed by atoms with Gasteiger partial charge in [-0.25, -0.2) is 0 Å². The summed E-state index contributed by atoms with van der Waals surface area (Å²) < 4.78 is 0. The molecule has 0 aromatic heterocycles. The minimum atomic E-state index is -1.69. The topological polar surface area (TPSA) is 57.5 Å². The highest BCUT2D eigenvalue weighted by Crippen LogP contribution is 2.68. The smallest absolute Gasteiger partial charge is 0.166 e. The molecule has 3 fully saturated rings. The van der Waals surface area contributed by atoms with E-state index in [1.165, 1.54) is 25.7 Å². The SMILES string of the molecule is CC(=O)[C@H]1CC(O)(O)[C@H]2[C@@H]3CC=C4CCCC[C@]4(C)[C@H]3CC[C@]12C. The summed E-state index contributed by atoms with van der Waals surface area (Å²) in [7, 11) is 0. The molecule has 3 heteroatoms. The van der Waals surface area contributed by atoms with Crippen molar-refractivity contribution in [1.29, 1.82) is 0 Å². The fourth-order valence-corrected chi connectivity index (χ4v) is 7.47. The van der Waals surface area contributed by atoms with Gasteiger partial charge in [-0.2, -0.15) is 0 Å². The van der Waals surface area contributed by atoms with Crippen LogP contribution >= 0.6 is 0 Å². The summed E-state index contributed by atoms with van der Waals surface area (Å²) in [6.45, 7) is 6.20. The summed E-state index contributed by atoms with van der Waals surface area (Å²) in [5.41, 5.74) is 1.61. The molecule has 0 aliphatic heterocycles. The van der Waals surface area contributed by atoms with Gasteiger partial charge in [0.05, 0.1) is 0 Å².